The Labute approximate surface area is 107 Å². The molecule has 0 bridgehead atoms. The van der Waals surface area contributed by atoms with Crippen LogP contribution in [-0.2, 0) is 17.8 Å². The van der Waals surface area contributed by atoms with Crippen LogP contribution in [-0.4, -0.2) is 29.5 Å². The van der Waals surface area contributed by atoms with Crippen molar-refractivity contribution in [3.63, 3.8) is 0 Å². The Morgan fingerprint density at radius 3 is 2.94 bits per heavy atom. The Kier molecular flexibility index (Phi) is 4.90. The van der Waals surface area contributed by atoms with Gasteiger partial charge in [-0.2, -0.15) is 5.10 Å². The molecule has 2 rings (SSSR count). The van der Waals surface area contributed by atoms with E-state index in [0.717, 1.165) is 12.2 Å². The Morgan fingerprint density at radius 1 is 1.44 bits per heavy atom. The first-order valence-corrected chi connectivity index (χ1v) is 6.59. The summed E-state index contributed by atoms with van der Waals surface area (Å²) in [6.07, 6.45) is 5.14. The van der Waals surface area contributed by atoms with Gasteiger partial charge in [0.15, 0.2) is 0 Å². The van der Waals surface area contributed by atoms with Gasteiger partial charge in [0, 0.05) is 25.8 Å². The SMILES string of the molecule is COCCn1nc(CNC2CCCC2)ccc1=O. The van der Waals surface area contributed by atoms with Gasteiger partial charge in [-0.25, -0.2) is 4.68 Å². The molecule has 0 atom stereocenters. The van der Waals surface area contributed by atoms with E-state index in [2.05, 4.69) is 10.4 Å². The number of aromatic nitrogens is 2. The third-order valence-corrected chi connectivity index (χ3v) is 3.36. The zero-order valence-electron chi connectivity index (χ0n) is 10.9. The minimum absolute atomic E-state index is 0.0725. The van der Waals surface area contributed by atoms with Crippen molar-refractivity contribution in [2.45, 2.75) is 44.8 Å². The number of ether oxygens (including phenoxy) is 1. The van der Waals surface area contributed by atoms with Crippen molar-refractivity contribution in [1.29, 1.82) is 0 Å². The van der Waals surface area contributed by atoms with Gasteiger partial charge in [0.25, 0.3) is 5.56 Å². The number of methoxy groups -OCH3 is 1. The van der Waals surface area contributed by atoms with Crippen LogP contribution in [0.2, 0.25) is 0 Å². The maximum atomic E-state index is 11.6. The monoisotopic (exact) mass is 251 g/mol. The van der Waals surface area contributed by atoms with Gasteiger partial charge in [-0.1, -0.05) is 12.8 Å². The third-order valence-electron chi connectivity index (χ3n) is 3.36. The molecule has 5 nitrogen and oxygen atoms in total. The highest BCUT2D eigenvalue weighted by Gasteiger charge is 2.14. The molecule has 100 valence electrons. The van der Waals surface area contributed by atoms with Crippen LogP contribution in [0.4, 0.5) is 0 Å². The van der Waals surface area contributed by atoms with Crippen LogP contribution in [0.25, 0.3) is 0 Å². The largest absolute Gasteiger partial charge is 0.383 e. The van der Waals surface area contributed by atoms with Gasteiger partial charge < -0.3 is 10.1 Å². The molecule has 0 amide bonds. The van der Waals surface area contributed by atoms with E-state index in [4.69, 9.17) is 4.74 Å². The van der Waals surface area contributed by atoms with E-state index in [-0.39, 0.29) is 5.56 Å². The van der Waals surface area contributed by atoms with E-state index >= 15 is 0 Å². The second-order valence-electron chi connectivity index (χ2n) is 4.74. The molecule has 1 aliphatic carbocycles. The molecule has 0 saturated heterocycles. The summed E-state index contributed by atoms with van der Waals surface area (Å²) in [7, 11) is 1.62. The molecule has 1 saturated carbocycles. The molecule has 18 heavy (non-hydrogen) atoms. The molecule has 1 aromatic heterocycles. The highest BCUT2D eigenvalue weighted by atomic mass is 16.5. The Hall–Kier alpha value is -1.20. The Morgan fingerprint density at radius 2 is 2.22 bits per heavy atom. The minimum Gasteiger partial charge on any atom is -0.383 e. The molecule has 0 aliphatic heterocycles. The molecule has 1 aliphatic rings. The van der Waals surface area contributed by atoms with E-state index in [1.54, 1.807) is 19.2 Å². The molecular weight excluding hydrogens is 230 g/mol. The lowest BCUT2D eigenvalue weighted by molar-refractivity contribution is 0.181. The zero-order chi connectivity index (χ0) is 12.8. The Bertz CT molecular complexity index is 424. The quantitative estimate of drug-likeness (QED) is 0.817. The van der Waals surface area contributed by atoms with Crippen molar-refractivity contribution in [2.75, 3.05) is 13.7 Å². The highest BCUT2D eigenvalue weighted by molar-refractivity contribution is 5.00. The second-order valence-corrected chi connectivity index (χ2v) is 4.74. The van der Waals surface area contributed by atoms with Crippen molar-refractivity contribution >= 4 is 0 Å². The van der Waals surface area contributed by atoms with Gasteiger partial charge >= 0.3 is 0 Å². The van der Waals surface area contributed by atoms with Crippen LogP contribution in [0.5, 0.6) is 0 Å². The topological polar surface area (TPSA) is 56.1 Å². The first-order valence-electron chi connectivity index (χ1n) is 6.59. The third kappa shape index (κ3) is 3.65. The van der Waals surface area contributed by atoms with E-state index in [1.807, 2.05) is 0 Å². The van der Waals surface area contributed by atoms with Crippen molar-refractivity contribution < 1.29 is 4.74 Å². The number of nitrogens with zero attached hydrogens (tertiary/aromatic N) is 2. The first-order chi connectivity index (χ1) is 8.79. The summed E-state index contributed by atoms with van der Waals surface area (Å²) >= 11 is 0. The molecular formula is C13H21N3O2. The zero-order valence-corrected chi connectivity index (χ0v) is 10.9. The summed E-state index contributed by atoms with van der Waals surface area (Å²) in [5.41, 5.74) is 0.842. The lowest BCUT2D eigenvalue weighted by atomic mass is 10.2. The van der Waals surface area contributed by atoms with Crippen LogP contribution in [0.1, 0.15) is 31.4 Å². The Balaban J connectivity index is 1.93. The normalized spacial score (nSPS) is 16.3. The molecule has 1 fully saturated rings. The van der Waals surface area contributed by atoms with Gasteiger partial charge in [0.05, 0.1) is 18.8 Å². The van der Waals surface area contributed by atoms with Gasteiger partial charge in [0.1, 0.15) is 0 Å². The first kappa shape index (κ1) is 13.2. The lowest BCUT2D eigenvalue weighted by Crippen LogP contribution is -2.29. The van der Waals surface area contributed by atoms with Crippen LogP contribution in [0.15, 0.2) is 16.9 Å². The average Bonchev–Trinajstić information content (AvgIpc) is 2.89. The summed E-state index contributed by atoms with van der Waals surface area (Å²) in [5, 5.41) is 7.82. The van der Waals surface area contributed by atoms with Crippen LogP contribution in [0, 0.1) is 0 Å². The summed E-state index contributed by atoms with van der Waals surface area (Å²) in [5.74, 6) is 0. The highest BCUT2D eigenvalue weighted by Crippen LogP contribution is 2.17. The van der Waals surface area contributed by atoms with Crippen LogP contribution in [0.3, 0.4) is 0 Å². The number of nitrogens with one attached hydrogen (secondary N) is 1. The summed E-state index contributed by atoms with van der Waals surface area (Å²) in [4.78, 5) is 11.6. The van der Waals surface area contributed by atoms with Gasteiger partial charge in [-0.3, -0.25) is 4.79 Å². The van der Waals surface area contributed by atoms with E-state index < -0.39 is 0 Å². The maximum Gasteiger partial charge on any atom is 0.266 e. The number of hydrogen-bond acceptors (Lipinski definition) is 4. The summed E-state index contributed by atoms with van der Waals surface area (Å²) in [6.45, 7) is 1.75. The van der Waals surface area contributed by atoms with Crippen molar-refractivity contribution in [1.82, 2.24) is 15.1 Å². The van der Waals surface area contributed by atoms with Gasteiger partial charge in [0.2, 0.25) is 0 Å². The molecule has 1 aromatic rings. The fourth-order valence-corrected chi connectivity index (χ4v) is 2.30. The number of hydrogen-bond donors (Lipinski definition) is 1. The van der Waals surface area contributed by atoms with Crippen molar-refractivity contribution in [3.05, 3.63) is 28.2 Å². The number of rotatable bonds is 6. The van der Waals surface area contributed by atoms with Gasteiger partial charge in [-0.05, 0) is 18.9 Å². The molecule has 5 heteroatoms. The van der Waals surface area contributed by atoms with Crippen molar-refractivity contribution in [2.24, 2.45) is 0 Å². The predicted octanol–water partition coefficient (Wildman–Crippen LogP) is 0.922. The fourth-order valence-electron chi connectivity index (χ4n) is 2.30. The van der Waals surface area contributed by atoms with E-state index in [1.165, 1.54) is 30.4 Å². The fraction of sp³-hybridized carbons (Fsp3) is 0.692. The molecule has 0 spiro atoms. The van der Waals surface area contributed by atoms with Crippen LogP contribution >= 0.6 is 0 Å². The molecule has 1 N–H and O–H groups in total. The van der Waals surface area contributed by atoms with Crippen molar-refractivity contribution in [3.8, 4) is 0 Å². The predicted molar refractivity (Wildman–Crippen MR) is 69.5 cm³/mol. The van der Waals surface area contributed by atoms with Gasteiger partial charge in [-0.15, -0.1) is 0 Å². The maximum absolute atomic E-state index is 11.6. The van der Waals surface area contributed by atoms with E-state index in [0.29, 0.717) is 19.2 Å². The summed E-state index contributed by atoms with van der Waals surface area (Å²) < 4.78 is 6.43. The smallest absolute Gasteiger partial charge is 0.266 e. The molecule has 0 radical (unpaired) electrons. The summed E-state index contributed by atoms with van der Waals surface area (Å²) in [6, 6.07) is 3.99. The van der Waals surface area contributed by atoms with Crippen LogP contribution < -0.4 is 10.9 Å². The minimum atomic E-state index is -0.0725. The molecule has 1 heterocycles. The standard InChI is InChI=1S/C13H21N3O2/c1-18-9-8-16-13(17)7-6-12(15-16)10-14-11-4-2-3-5-11/h6-7,11,14H,2-5,8-10H2,1H3. The molecule has 0 aromatic carbocycles. The second kappa shape index (κ2) is 6.66. The van der Waals surface area contributed by atoms with E-state index in [9.17, 15) is 4.79 Å². The average molecular weight is 251 g/mol. The molecule has 0 unspecified atom stereocenters. The lowest BCUT2D eigenvalue weighted by Gasteiger charge is -2.12.